The Labute approximate surface area is 149 Å². The summed E-state index contributed by atoms with van der Waals surface area (Å²) in [5.74, 6) is -0.838. The van der Waals surface area contributed by atoms with E-state index in [1.165, 1.54) is 12.1 Å². The van der Waals surface area contributed by atoms with Gasteiger partial charge in [-0.15, -0.1) is 0 Å². The predicted molar refractivity (Wildman–Crippen MR) is 97.0 cm³/mol. The number of rotatable bonds is 2. The molecule has 0 aromatic heterocycles. The van der Waals surface area contributed by atoms with Crippen LogP contribution < -0.4 is 11.5 Å². The summed E-state index contributed by atoms with van der Waals surface area (Å²) < 4.78 is 1.64. The van der Waals surface area contributed by atoms with E-state index in [1.54, 1.807) is 18.2 Å². The Morgan fingerprint density at radius 2 is 1.38 bits per heavy atom. The highest BCUT2D eigenvalue weighted by Gasteiger charge is 2.05. The number of carbonyl (C=O) groups excluding carboxylic acids is 2. The summed E-state index contributed by atoms with van der Waals surface area (Å²) in [4.78, 5) is 21.3. The molecule has 0 atom stereocenters. The Morgan fingerprint density at radius 1 is 0.857 bits per heavy atom. The van der Waals surface area contributed by atoms with E-state index in [0.29, 0.717) is 11.1 Å². The zero-order valence-electron chi connectivity index (χ0n) is 10.7. The summed E-state index contributed by atoms with van der Waals surface area (Å²) in [5, 5.41) is 8.98. The number of amides is 2. The fraction of sp³-hybridized carbons (Fsp3) is 0. The monoisotopic (exact) mass is 510 g/mol. The fourth-order valence-corrected chi connectivity index (χ4v) is 2.62. The van der Waals surface area contributed by atoms with Gasteiger partial charge in [-0.3, -0.25) is 9.59 Å². The molecule has 0 unspecified atom stereocenters. The summed E-state index contributed by atoms with van der Waals surface area (Å²) in [6, 6.07) is 11.7. The second-order valence-electron chi connectivity index (χ2n) is 3.87. The van der Waals surface area contributed by atoms with Gasteiger partial charge < -0.3 is 16.6 Å². The van der Waals surface area contributed by atoms with Crippen molar-refractivity contribution in [3.8, 4) is 5.75 Å². The SMILES string of the molecule is NC(=O)c1cc(O)ccc1I.NC(=O)c1ccccc1I. The summed E-state index contributed by atoms with van der Waals surface area (Å²) in [6.07, 6.45) is 0. The standard InChI is InChI=1S/C7H6INO2.C7H6INO/c8-6-2-1-4(10)3-5(6)7(9)11;8-6-4-2-1-3-5(6)7(9)10/h1-3,10H,(H2,9,11);1-4H,(H2,9,10). The van der Waals surface area contributed by atoms with E-state index in [1.807, 2.05) is 34.7 Å². The molecule has 0 fully saturated rings. The van der Waals surface area contributed by atoms with Crippen molar-refractivity contribution in [2.24, 2.45) is 11.5 Å². The Kier molecular flexibility index (Phi) is 6.89. The highest BCUT2D eigenvalue weighted by atomic mass is 127. The first-order chi connectivity index (χ1) is 9.82. The van der Waals surface area contributed by atoms with Gasteiger partial charge in [0.15, 0.2) is 0 Å². The van der Waals surface area contributed by atoms with E-state index in [0.717, 1.165) is 7.14 Å². The largest absolute Gasteiger partial charge is 0.508 e. The average molecular weight is 510 g/mol. The zero-order chi connectivity index (χ0) is 16.0. The number of hydrogen-bond acceptors (Lipinski definition) is 3. The van der Waals surface area contributed by atoms with E-state index >= 15 is 0 Å². The Morgan fingerprint density at radius 3 is 1.81 bits per heavy atom. The van der Waals surface area contributed by atoms with Crippen molar-refractivity contribution in [2.75, 3.05) is 0 Å². The van der Waals surface area contributed by atoms with Gasteiger partial charge in [0.25, 0.3) is 0 Å². The number of carbonyl (C=O) groups is 2. The van der Waals surface area contributed by atoms with Crippen molar-refractivity contribution in [1.82, 2.24) is 0 Å². The van der Waals surface area contributed by atoms with Crippen LogP contribution in [0.2, 0.25) is 0 Å². The molecule has 0 spiro atoms. The number of hydrogen-bond donors (Lipinski definition) is 3. The van der Waals surface area contributed by atoms with E-state index in [2.05, 4.69) is 22.6 Å². The third kappa shape index (κ3) is 5.50. The molecule has 2 aromatic carbocycles. The van der Waals surface area contributed by atoms with Crippen molar-refractivity contribution < 1.29 is 14.7 Å². The molecule has 0 bridgehead atoms. The molecule has 0 aliphatic heterocycles. The zero-order valence-corrected chi connectivity index (χ0v) is 15.0. The van der Waals surface area contributed by atoms with Crippen molar-refractivity contribution in [3.63, 3.8) is 0 Å². The van der Waals surface area contributed by atoms with Gasteiger partial charge in [-0.05, 0) is 75.5 Å². The summed E-state index contributed by atoms with van der Waals surface area (Å²) in [7, 11) is 0. The number of nitrogens with two attached hydrogens (primary N) is 2. The smallest absolute Gasteiger partial charge is 0.249 e. The van der Waals surface area contributed by atoms with Gasteiger partial charge in [0.05, 0.1) is 11.1 Å². The van der Waals surface area contributed by atoms with Gasteiger partial charge in [0.1, 0.15) is 5.75 Å². The van der Waals surface area contributed by atoms with Crippen LogP contribution in [0.1, 0.15) is 20.7 Å². The molecule has 21 heavy (non-hydrogen) atoms. The van der Waals surface area contributed by atoms with Crippen LogP contribution in [0.25, 0.3) is 0 Å². The third-order valence-electron chi connectivity index (χ3n) is 2.35. The molecule has 0 aliphatic rings. The van der Waals surface area contributed by atoms with Crippen LogP contribution in [-0.4, -0.2) is 16.9 Å². The van der Waals surface area contributed by atoms with Gasteiger partial charge in [0, 0.05) is 7.14 Å². The molecule has 110 valence electrons. The molecule has 7 heteroatoms. The van der Waals surface area contributed by atoms with Crippen molar-refractivity contribution in [1.29, 1.82) is 0 Å². The van der Waals surface area contributed by atoms with Crippen LogP contribution in [-0.2, 0) is 0 Å². The number of primary amides is 2. The molecule has 2 rings (SSSR count). The van der Waals surface area contributed by atoms with Crippen LogP contribution in [0.3, 0.4) is 0 Å². The minimum Gasteiger partial charge on any atom is -0.508 e. The molecule has 0 aliphatic carbocycles. The summed E-state index contributed by atoms with van der Waals surface area (Å²) in [5.41, 5.74) is 11.0. The highest BCUT2D eigenvalue weighted by Crippen LogP contribution is 2.17. The average Bonchev–Trinajstić information content (AvgIpc) is 2.42. The third-order valence-corrected chi connectivity index (χ3v) is 4.24. The normalized spacial score (nSPS) is 9.43. The molecule has 2 amide bonds. The van der Waals surface area contributed by atoms with Crippen molar-refractivity contribution in [2.45, 2.75) is 0 Å². The van der Waals surface area contributed by atoms with Gasteiger partial charge in [-0.25, -0.2) is 0 Å². The highest BCUT2D eigenvalue weighted by molar-refractivity contribution is 14.1. The Balaban J connectivity index is 0.000000211. The number of phenols is 1. The van der Waals surface area contributed by atoms with Gasteiger partial charge in [-0.2, -0.15) is 0 Å². The second kappa shape index (κ2) is 8.17. The number of aromatic hydroxyl groups is 1. The molecule has 0 saturated heterocycles. The molecule has 0 radical (unpaired) electrons. The first-order valence-electron chi connectivity index (χ1n) is 5.65. The Hall–Kier alpha value is -1.36. The Bertz CT molecular complexity index is 675. The first-order valence-corrected chi connectivity index (χ1v) is 7.81. The molecular weight excluding hydrogens is 498 g/mol. The lowest BCUT2D eigenvalue weighted by Crippen LogP contribution is -2.12. The molecule has 5 N–H and O–H groups in total. The van der Waals surface area contributed by atoms with Crippen LogP contribution in [0.4, 0.5) is 0 Å². The van der Waals surface area contributed by atoms with Crippen LogP contribution in [0.15, 0.2) is 42.5 Å². The molecule has 0 saturated carbocycles. The van der Waals surface area contributed by atoms with Gasteiger partial charge >= 0.3 is 0 Å². The van der Waals surface area contributed by atoms with Crippen LogP contribution in [0, 0.1) is 7.14 Å². The maximum absolute atomic E-state index is 10.7. The molecular formula is C14H12I2N2O3. The molecule has 5 nitrogen and oxygen atoms in total. The van der Waals surface area contributed by atoms with Crippen LogP contribution >= 0.6 is 45.2 Å². The fourth-order valence-electron chi connectivity index (χ4n) is 1.36. The van der Waals surface area contributed by atoms with Crippen molar-refractivity contribution >= 4 is 57.0 Å². The maximum atomic E-state index is 10.7. The molecule has 0 heterocycles. The predicted octanol–water partition coefficient (Wildman–Crippen LogP) is 2.49. The lowest BCUT2D eigenvalue weighted by Gasteiger charge is -1.98. The van der Waals surface area contributed by atoms with Crippen molar-refractivity contribution in [3.05, 3.63) is 60.7 Å². The van der Waals surface area contributed by atoms with Gasteiger partial charge in [0.2, 0.25) is 11.8 Å². The summed E-state index contributed by atoms with van der Waals surface area (Å²) >= 11 is 4.06. The topological polar surface area (TPSA) is 106 Å². The summed E-state index contributed by atoms with van der Waals surface area (Å²) in [6.45, 7) is 0. The minimum absolute atomic E-state index is 0.0548. The lowest BCUT2D eigenvalue weighted by atomic mass is 10.2. The van der Waals surface area contributed by atoms with Crippen LogP contribution in [0.5, 0.6) is 5.75 Å². The first kappa shape index (κ1) is 17.7. The number of halogens is 2. The number of benzene rings is 2. The minimum atomic E-state index is -0.523. The molecule has 2 aromatic rings. The quantitative estimate of drug-likeness (QED) is 0.541. The van der Waals surface area contributed by atoms with E-state index < -0.39 is 5.91 Å². The van der Waals surface area contributed by atoms with Gasteiger partial charge in [-0.1, -0.05) is 12.1 Å². The second-order valence-corrected chi connectivity index (χ2v) is 6.20. The van der Waals surface area contributed by atoms with E-state index in [9.17, 15) is 9.59 Å². The maximum Gasteiger partial charge on any atom is 0.249 e. The lowest BCUT2D eigenvalue weighted by molar-refractivity contribution is 0.0991. The number of phenolic OH excluding ortho intramolecular Hbond substituents is 1. The van der Waals surface area contributed by atoms with E-state index in [-0.39, 0.29) is 11.7 Å². The van der Waals surface area contributed by atoms with E-state index in [4.69, 9.17) is 16.6 Å².